The van der Waals surface area contributed by atoms with E-state index >= 15 is 0 Å². The van der Waals surface area contributed by atoms with Gasteiger partial charge in [-0.05, 0) is 43.5 Å². The second-order valence-electron chi connectivity index (χ2n) is 6.21. The van der Waals surface area contributed by atoms with Crippen molar-refractivity contribution >= 4 is 17.5 Å². The standard InChI is InChI=1S/C19H22FN5/c1-2-9-22-18-14(4-3-13-10-16(21)11-13)12-23-19(25-18)24-17-7-5-15(20)6-8-17/h5-8,12-13,16H,2,9-11,21H2,1H3,(H2,22,23,24,25). The third kappa shape index (κ3) is 4.68. The highest BCUT2D eigenvalue weighted by atomic mass is 19.1. The number of nitrogens with one attached hydrogen (secondary N) is 2. The van der Waals surface area contributed by atoms with Crippen molar-refractivity contribution in [3.63, 3.8) is 0 Å². The Morgan fingerprint density at radius 3 is 2.72 bits per heavy atom. The molecule has 0 spiro atoms. The number of nitrogens with zero attached hydrogens (tertiary/aromatic N) is 2. The van der Waals surface area contributed by atoms with Crippen LogP contribution in [0.1, 0.15) is 31.7 Å². The molecule has 1 fully saturated rings. The zero-order valence-electron chi connectivity index (χ0n) is 14.2. The van der Waals surface area contributed by atoms with Crippen molar-refractivity contribution in [3.05, 3.63) is 41.8 Å². The number of rotatable bonds is 5. The zero-order chi connectivity index (χ0) is 17.6. The highest BCUT2D eigenvalue weighted by Gasteiger charge is 2.23. The molecule has 1 saturated carbocycles. The molecule has 1 heterocycles. The van der Waals surface area contributed by atoms with Crippen LogP contribution in [0.5, 0.6) is 0 Å². The fraction of sp³-hybridized carbons (Fsp3) is 0.368. The molecule has 25 heavy (non-hydrogen) atoms. The van der Waals surface area contributed by atoms with Crippen molar-refractivity contribution in [2.45, 2.75) is 32.2 Å². The summed E-state index contributed by atoms with van der Waals surface area (Å²) in [5, 5.41) is 6.36. The molecule has 1 aliphatic rings. The van der Waals surface area contributed by atoms with Gasteiger partial charge in [0.2, 0.25) is 5.95 Å². The Bertz CT molecular complexity index is 773. The van der Waals surface area contributed by atoms with Crippen LogP contribution in [0.2, 0.25) is 0 Å². The van der Waals surface area contributed by atoms with Crippen molar-refractivity contribution < 1.29 is 4.39 Å². The number of anilines is 3. The van der Waals surface area contributed by atoms with Gasteiger partial charge in [0.15, 0.2) is 0 Å². The molecule has 6 heteroatoms. The summed E-state index contributed by atoms with van der Waals surface area (Å²) in [6.07, 6.45) is 4.60. The molecule has 0 amide bonds. The lowest BCUT2D eigenvalue weighted by atomic mass is 9.81. The van der Waals surface area contributed by atoms with E-state index in [-0.39, 0.29) is 11.9 Å². The number of nitrogens with two attached hydrogens (primary N) is 1. The topological polar surface area (TPSA) is 75.9 Å². The first-order valence-corrected chi connectivity index (χ1v) is 8.54. The molecule has 0 aliphatic heterocycles. The molecule has 1 aliphatic carbocycles. The van der Waals surface area contributed by atoms with Crippen LogP contribution in [0.3, 0.4) is 0 Å². The van der Waals surface area contributed by atoms with Crippen LogP contribution in [0.25, 0.3) is 0 Å². The van der Waals surface area contributed by atoms with E-state index in [4.69, 9.17) is 5.73 Å². The molecule has 3 rings (SSSR count). The fourth-order valence-corrected chi connectivity index (χ4v) is 2.53. The van der Waals surface area contributed by atoms with Crippen molar-refractivity contribution in [1.29, 1.82) is 0 Å². The molecule has 0 atom stereocenters. The number of aromatic nitrogens is 2. The number of hydrogen-bond acceptors (Lipinski definition) is 5. The van der Waals surface area contributed by atoms with Crippen LogP contribution in [0, 0.1) is 23.6 Å². The quantitative estimate of drug-likeness (QED) is 0.729. The average Bonchev–Trinajstić information content (AvgIpc) is 2.59. The van der Waals surface area contributed by atoms with Gasteiger partial charge >= 0.3 is 0 Å². The molecule has 2 aromatic rings. The minimum absolute atomic E-state index is 0.280. The highest BCUT2D eigenvalue weighted by molar-refractivity contribution is 5.59. The third-order valence-corrected chi connectivity index (χ3v) is 4.02. The van der Waals surface area contributed by atoms with Crippen LogP contribution < -0.4 is 16.4 Å². The van der Waals surface area contributed by atoms with E-state index < -0.39 is 0 Å². The smallest absolute Gasteiger partial charge is 0.229 e. The van der Waals surface area contributed by atoms with Gasteiger partial charge in [-0.25, -0.2) is 9.37 Å². The van der Waals surface area contributed by atoms with Gasteiger partial charge in [-0.1, -0.05) is 18.8 Å². The molecular formula is C19H22FN5. The number of hydrogen-bond donors (Lipinski definition) is 3. The molecule has 0 bridgehead atoms. The maximum atomic E-state index is 13.0. The Hall–Kier alpha value is -2.65. The first-order valence-electron chi connectivity index (χ1n) is 8.54. The number of halogens is 1. The predicted molar refractivity (Wildman–Crippen MR) is 98.1 cm³/mol. The van der Waals surface area contributed by atoms with E-state index in [1.165, 1.54) is 12.1 Å². The monoisotopic (exact) mass is 339 g/mol. The average molecular weight is 339 g/mol. The molecule has 0 unspecified atom stereocenters. The second kappa shape index (κ2) is 7.95. The molecule has 0 saturated heterocycles. The van der Waals surface area contributed by atoms with Gasteiger partial charge in [-0.2, -0.15) is 4.98 Å². The summed E-state index contributed by atoms with van der Waals surface area (Å²) in [5.74, 6) is 7.66. The van der Waals surface area contributed by atoms with E-state index in [9.17, 15) is 4.39 Å². The van der Waals surface area contributed by atoms with Crippen LogP contribution in [-0.4, -0.2) is 22.6 Å². The van der Waals surface area contributed by atoms with Gasteiger partial charge in [0.25, 0.3) is 0 Å². The van der Waals surface area contributed by atoms with Gasteiger partial charge in [0, 0.05) is 24.2 Å². The second-order valence-corrected chi connectivity index (χ2v) is 6.21. The van der Waals surface area contributed by atoms with E-state index in [1.54, 1.807) is 18.3 Å². The lowest BCUT2D eigenvalue weighted by molar-refractivity contribution is 0.335. The molecule has 1 aromatic carbocycles. The van der Waals surface area contributed by atoms with Gasteiger partial charge < -0.3 is 16.4 Å². The summed E-state index contributed by atoms with van der Waals surface area (Å²) >= 11 is 0. The molecule has 5 nitrogen and oxygen atoms in total. The predicted octanol–water partition coefficient (Wildman–Crippen LogP) is 3.27. The van der Waals surface area contributed by atoms with Gasteiger partial charge in [0.05, 0.1) is 11.8 Å². The van der Waals surface area contributed by atoms with Crippen molar-refractivity contribution in [2.75, 3.05) is 17.2 Å². The number of benzene rings is 1. The molecule has 0 radical (unpaired) electrons. The zero-order valence-corrected chi connectivity index (χ0v) is 14.2. The summed E-state index contributed by atoms with van der Waals surface area (Å²) in [7, 11) is 0. The van der Waals surface area contributed by atoms with Crippen LogP contribution in [0.15, 0.2) is 30.5 Å². The Labute approximate surface area is 147 Å². The van der Waals surface area contributed by atoms with Crippen molar-refractivity contribution in [2.24, 2.45) is 11.7 Å². The van der Waals surface area contributed by atoms with Gasteiger partial charge in [-0.3, -0.25) is 0 Å². The Morgan fingerprint density at radius 2 is 2.04 bits per heavy atom. The summed E-state index contributed by atoms with van der Waals surface area (Å²) in [4.78, 5) is 8.83. The lowest BCUT2D eigenvalue weighted by Gasteiger charge is -2.27. The van der Waals surface area contributed by atoms with E-state index in [0.717, 1.165) is 37.1 Å². The van der Waals surface area contributed by atoms with Crippen molar-refractivity contribution in [1.82, 2.24) is 9.97 Å². The Balaban J connectivity index is 1.77. The van der Waals surface area contributed by atoms with Crippen LogP contribution >= 0.6 is 0 Å². The summed E-state index contributed by atoms with van der Waals surface area (Å²) < 4.78 is 13.0. The molecule has 1 aromatic heterocycles. The molecule has 130 valence electrons. The molecular weight excluding hydrogens is 317 g/mol. The van der Waals surface area contributed by atoms with Gasteiger partial charge in [-0.15, -0.1) is 0 Å². The maximum absolute atomic E-state index is 13.0. The van der Waals surface area contributed by atoms with E-state index in [2.05, 4.69) is 39.4 Å². The Morgan fingerprint density at radius 1 is 1.28 bits per heavy atom. The summed E-state index contributed by atoms with van der Waals surface area (Å²) in [6, 6.07) is 6.36. The maximum Gasteiger partial charge on any atom is 0.229 e. The van der Waals surface area contributed by atoms with E-state index in [1.807, 2.05) is 0 Å². The fourth-order valence-electron chi connectivity index (χ4n) is 2.53. The minimum atomic E-state index is -0.280. The highest BCUT2D eigenvalue weighted by Crippen LogP contribution is 2.25. The van der Waals surface area contributed by atoms with E-state index in [0.29, 0.717) is 17.7 Å². The Kier molecular flexibility index (Phi) is 5.46. The van der Waals surface area contributed by atoms with Crippen molar-refractivity contribution in [3.8, 4) is 11.8 Å². The largest absolute Gasteiger partial charge is 0.369 e. The SMILES string of the molecule is CCCNc1nc(Nc2ccc(F)cc2)ncc1C#CC1CC(N)C1. The minimum Gasteiger partial charge on any atom is -0.369 e. The third-order valence-electron chi connectivity index (χ3n) is 4.02. The lowest BCUT2D eigenvalue weighted by Crippen LogP contribution is -2.35. The first-order chi connectivity index (χ1) is 12.1. The summed E-state index contributed by atoms with van der Waals surface area (Å²) in [6.45, 7) is 2.89. The normalized spacial score (nSPS) is 18.7. The van der Waals surface area contributed by atoms with Crippen LogP contribution in [0.4, 0.5) is 21.8 Å². The summed E-state index contributed by atoms with van der Waals surface area (Å²) in [5.41, 5.74) is 7.30. The van der Waals surface area contributed by atoms with Gasteiger partial charge in [0.1, 0.15) is 11.6 Å². The first kappa shape index (κ1) is 17.2. The van der Waals surface area contributed by atoms with Crippen LogP contribution in [-0.2, 0) is 0 Å². The molecule has 4 N–H and O–H groups in total.